The van der Waals surface area contributed by atoms with Gasteiger partial charge in [-0.1, -0.05) is 0 Å². The molecule has 11 N–H and O–H groups in total. The second-order valence-corrected chi connectivity index (χ2v) is 2.03. The summed E-state index contributed by atoms with van der Waals surface area (Å²) in [5, 5.41) is 31.5. The molecule has 9 nitrogen and oxygen atoms in total. The molecular weight excluding hydrogens is 262 g/mol. The summed E-state index contributed by atoms with van der Waals surface area (Å²) in [6, 6.07) is 0. The number of aliphatic hydroxyl groups is 2. The van der Waals surface area contributed by atoms with E-state index in [9.17, 15) is 9.59 Å². The van der Waals surface area contributed by atoms with Crippen LogP contribution in [0.2, 0.25) is 0 Å². The maximum Gasteiger partial charge on any atom is 0.332 e. The third-order valence-corrected chi connectivity index (χ3v) is 0.715. The van der Waals surface area contributed by atoms with Crippen LogP contribution in [0.15, 0.2) is 0 Å². The summed E-state index contributed by atoms with van der Waals surface area (Å²) in [6.07, 6.45) is -2.46. The molecule has 0 spiro atoms. The SMILES string of the molecule is CC(O)C(=O)O.CC(O)C(=O)O.N.O.O.[Ti]. The van der Waals surface area contributed by atoms with Crippen LogP contribution in [0.25, 0.3) is 0 Å². The molecule has 0 heterocycles. The van der Waals surface area contributed by atoms with Crippen LogP contribution < -0.4 is 6.15 Å². The fourth-order valence-electron chi connectivity index (χ4n) is 0. The molecule has 0 aliphatic rings. The van der Waals surface area contributed by atoms with Gasteiger partial charge >= 0.3 is 11.9 Å². The third-order valence-electron chi connectivity index (χ3n) is 0.715. The summed E-state index contributed by atoms with van der Waals surface area (Å²) < 4.78 is 0. The molecule has 0 aromatic rings. The van der Waals surface area contributed by atoms with Crippen LogP contribution in [0.5, 0.6) is 0 Å². The molecule has 100 valence electrons. The smallest absolute Gasteiger partial charge is 0.332 e. The number of carbonyl (C=O) groups is 2. The molecule has 0 aliphatic heterocycles. The molecule has 16 heavy (non-hydrogen) atoms. The zero-order valence-corrected chi connectivity index (χ0v) is 10.5. The van der Waals surface area contributed by atoms with Gasteiger partial charge in [0, 0.05) is 21.7 Å². The first kappa shape index (κ1) is 36.1. The Labute approximate surface area is 107 Å². The van der Waals surface area contributed by atoms with Gasteiger partial charge in [0.05, 0.1) is 0 Å². The molecular formula is C6H19NO8Ti. The van der Waals surface area contributed by atoms with Crippen molar-refractivity contribution in [3.8, 4) is 0 Å². The van der Waals surface area contributed by atoms with E-state index in [-0.39, 0.29) is 38.8 Å². The minimum atomic E-state index is -1.23. The van der Waals surface area contributed by atoms with Crippen molar-refractivity contribution in [3.05, 3.63) is 0 Å². The van der Waals surface area contributed by atoms with Crippen molar-refractivity contribution in [2.45, 2.75) is 26.1 Å². The van der Waals surface area contributed by atoms with Gasteiger partial charge in [0.1, 0.15) is 12.2 Å². The number of aliphatic carboxylic acids is 2. The molecule has 0 saturated heterocycles. The van der Waals surface area contributed by atoms with E-state index in [1.54, 1.807) is 0 Å². The average molecular weight is 281 g/mol. The Morgan fingerprint density at radius 2 is 0.938 bits per heavy atom. The van der Waals surface area contributed by atoms with Gasteiger partial charge in [-0.3, -0.25) is 0 Å². The maximum atomic E-state index is 9.45. The van der Waals surface area contributed by atoms with Crippen LogP contribution in [0.3, 0.4) is 0 Å². The number of carboxylic acids is 2. The first-order valence-corrected chi connectivity index (χ1v) is 3.10. The maximum absolute atomic E-state index is 9.45. The molecule has 0 aromatic heterocycles. The summed E-state index contributed by atoms with van der Waals surface area (Å²) in [4.78, 5) is 18.9. The Kier molecular flexibility index (Phi) is 45.0. The van der Waals surface area contributed by atoms with Gasteiger partial charge < -0.3 is 37.5 Å². The number of hydrogen-bond acceptors (Lipinski definition) is 5. The van der Waals surface area contributed by atoms with E-state index in [1.165, 1.54) is 13.8 Å². The van der Waals surface area contributed by atoms with Crippen molar-refractivity contribution in [2.75, 3.05) is 0 Å². The van der Waals surface area contributed by atoms with Crippen LogP contribution in [0.1, 0.15) is 13.8 Å². The fraction of sp³-hybridized carbons (Fsp3) is 0.667. The molecule has 2 atom stereocenters. The normalized spacial score (nSPS) is 10.2. The van der Waals surface area contributed by atoms with Crippen LogP contribution >= 0.6 is 0 Å². The molecule has 2 unspecified atom stereocenters. The van der Waals surface area contributed by atoms with Crippen molar-refractivity contribution in [1.29, 1.82) is 0 Å². The van der Waals surface area contributed by atoms with Crippen LogP contribution in [0.4, 0.5) is 0 Å². The predicted molar refractivity (Wildman–Crippen MR) is 50.9 cm³/mol. The van der Waals surface area contributed by atoms with E-state index >= 15 is 0 Å². The topological polar surface area (TPSA) is 213 Å². The molecule has 0 saturated carbocycles. The quantitative estimate of drug-likeness (QED) is 0.340. The Morgan fingerprint density at radius 3 is 0.938 bits per heavy atom. The van der Waals surface area contributed by atoms with Gasteiger partial charge in [-0.05, 0) is 13.8 Å². The first-order valence-electron chi connectivity index (χ1n) is 3.10. The monoisotopic (exact) mass is 281 g/mol. The van der Waals surface area contributed by atoms with Crippen molar-refractivity contribution < 1.29 is 62.7 Å². The van der Waals surface area contributed by atoms with Crippen molar-refractivity contribution in [3.63, 3.8) is 0 Å². The number of aliphatic hydroxyl groups excluding tert-OH is 2. The Hall–Kier alpha value is -0.546. The second-order valence-electron chi connectivity index (χ2n) is 2.03. The van der Waals surface area contributed by atoms with Crippen molar-refractivity contribution >= 4 is 11.9 Å². The van der Waals surface area contributed by atoms with Gasteiger partial charge in [0.25, 0.3) is 0 Å². The molecule has 0 bridgehead atoms. The average Bonchev–Trinajstić information content (AvgIpc) is 1.88. The van der Waals surface area contributed by atoms with E-state index in [0.29, 0.717) is 0 Å². The third kappa shape index (κ3) is 37.6. The van der Waals surface area contributed by atoms with Crippen LogP contribution in [-0.4, -0.2) is 55.5 Å². The summed E-state index contributed by atoms with van der Waals surface area (Å²) in [6.45, 7) is 2.39. The molecule has 10 heteroatoms. The standard InChI is InChI=1S/2C3H6O3.H3N.2H2O.Ti/c2*1-2(4)3(5)6;;;;/h2*2,4H,1H3,(H,5,6);1H3;2*1H2;. The van der Waals surface area contributed by atoms with E-state index in [0.717, 1.165) is 0 Å². The van der Waals surface area contributed by atoms with Crippen molar-refractivity contribution in [2.24, 2.45) is 0 Å². The molecule has 0 amide bonds. The molecule has 0 fully saturated rings. The Balaban J connectivity index is -0.0000000250. The minimum absolute atomic E-state index is 0. The minimum Gasteiger partial charge on any atom is -0.479 e. The van der Waals surface area contributed by atoms with E-state index < -0.39 is 24.1 Å². The summed E-state index contributed by atoms with van der Waals surface area (Å²) in [5.74, 6) is -2.37. The van der Waals surface area contributed by atoms with Gasteiger partial charge in [0.15, 0.2) is 0 Å². The molecule has 0 rings (SSSR count). The van der Waals surface area contributed by atoms with Crippen LogP contribution in [-0.2, 0) is 31.3 Å². The van der Waals surface area contributed by atoms with Gasteiger partial charge in [0.2, 0.25) is 0 Å². The van der Waals surface area contributed by atoms with Gasteiger partial charge in [-0.15, -0.1) is 0 Å². The number of rotatable bonds is 2. The fourth-order valence-corrected chi connectivity index (χ4v) is 0. The second kappa shape index (κ2) is 19.9. The summed E-state index contributed by atoms with van der Waals surface area (Å²) in [7, 11) is 0. The van der Waals surface area contributed by atoms with Crippen molar-refractivity contribution in [1.82, 2.24) is 6.15 Å². The predicted octanol–water partition coefficient (Wildman–Crippen LogP) is -2.59. The summed E-state index contributed by atoms with van der Waals surface area (Å²) in [5.41, 5.74) is 0. The number of hydrogen-bond donors (Lipinski definition) is 5. The largest absolute Gasteiger partial charge is 0.479 e. The van der Waals surface area contributed by atoms with Crippen LogP contribution in [0, 0.1) is 0 Å². The number of carboxylic acid groups (broad SMARTS) is 2. The van der Waals surface area contributed by atoms with Gasteiger partial charge in [-0.25, -0.2) is 9.59 Å². The van der Waals surface area contributed by atoms with E-state index in [1.807, 2.05) is 0 Å². The Morgan fingerprint density at radius 1 is 0.875 bits per heavy atom. The molecule has 0 radical (unpaired) electrons. The summed E-state index contributed by atoms with van der Waals surface area (Å²) >= 11 is 0. The zero-order valence-electron chi connectivity index (χ0n) is 8.97. The first-order chi connectivity index (χ1) is 5.29. The molecule has 0 aliphatic carbocycles. The van der Waals surface area contributed by atoms with E-state index in [4.69, 9.17) is 20.4 Å². The van der Waals surface area contributed by atoms with E-state index in [2.05, 4.69) is 0 Å². The zero-order chi connectivity index (χ0) is 10.3. The van der Waals surface area contributed by atoms with Gasteiger partial charge in [-0.2, -0.15) is 0 Å². The molecule has 0 aromatic carbocycles. The Bertz CT molecular complexity index is 145.